The lowest BCUT2D eigenvalue weighted by Crippen LogP contribution is -2.46. The van der Waals surface area contributed by atoms with Gasteiger partial charge in [-0.15, -0.1) is 0 Å². The molecule has 1 unspecified atom stereocenters. The number of carbonyl (C=O) groups is 2. The van der Waals surface area contributed by atoms with Crippen LogP contribution in [0.4, 0.5) is 13.2 Å². The Hall–Kier alpha value is -2.54. The zero-order chi connectivity index (χ0) is 22.5. The Bertz CT molecular complexity index is 888. The number of amides is 1. The number of ether oxygens (including phenoxy) is 3. The van der Waals surface area contributed by atoms with Gasteiger partial charge in [0.05, 0.1) is 4.90 Å². The molecule has 1 aliphatic heterocycles. The fourth-order valence-corrected chi connectivity index (χ4v) is 3.71. The van der Waals surface area contributed by atoms with E-state index in [9.17, 15) is 31.2 Å². The van der Waals surface area contributed by atoms with Crippen molar-refractivity contribution >= 4 is 21.9 Å². The van der Waals surface area contributed by atoms with E-state index in [0.717, 1.165) is 0 Å². The monoisotopic (exact) mass is 454 g/mol. The van der Waals surface area contributed by atoms with Crippen molar-refractivity contribution in [3.8, 4) is 11.5 Å². The first-order valence-corrected chi connectivity index (χ1v) is 10.3. The number of hydrogen-bond donors (Lipinski definition) is 2. The summed E-state index contributed by atoms with van der Waals surface area (Å²) in [4.78, 5) is 23.4. The predicted octanol–water partition coefficient (Wildman–Crippen LogP) is 0.982. The van der Waals surface area contributed by atoms with Crippen LogP contribution in [-0.2, 0) is 24.3 Å². The summed E-state index contributed by atoms with van der Waals surface area (Å²) in [5.41, 5.74) is 0. The molecular weight excluding hydrogens is 433 g/mol. The molecule has 1 aliphatic rings. The summed E-state index contributed by atoms with van der Waals surface area (Å²) in [7, 11) is -4.19. The normalized spacial score (nSPS) is 14.9. The van der Waals surface area contributed by atoms with Crippen LogP contribution in [0.3, 0.4) is 0 Å². The van der Waals surface area contributed by atoms with Gasteiger partial charge in [-0.25, -0.2) is 8.42 Å². The molecule has 30 heavy (non-hydrogen) atoms. The highest BCUT2D eigenvalue weighted by atomic mass is 32.2. The van der Waals surface area contributed by atoms with Crippen molar-refractivity contribution in [3.05, 3.63) is 18.2 Å². The van der Waals surface area contributed by atoms with Gasteiger partial charge < -0.3 is 19.5 Å². The number of halogens is 3. The molecule has 0 bridgehead atoms. The summed E-state index contributed by atoms with van der Waals surface area (Å²) in [5, 5.41) is 1.54. The number of hydrogen-bond acceptors (Lipinski definition) is 7. The summed E-state index contributed by atoms with van der Waals surface area (Å²) in [6.45, 7) is 1.08. The van der Waals surface area contributed by atoms with Crippen molar-refractivity contribution in [3.63, 3.8) is 0 Å². The second-order valence-corrected chi connectivity index (χ2v) is 8.36. The Balaban J connectivity index is 2.03. The van der Waals surface area contributed by atoms with Crippen LogP contribution in [0.25, 0.3) is 0 Å². The van der Waals surface area contributed by atoms with Crippen molar-refractivity contribution in [1.29, 1.82) is 0 Å². The van der Waals surface area contributed by atoms with Crippen LogP contribution in [0, 0.1) is 5.92 Å². The molecule has 0 saturated heterocycles. The van der Waals surface area contributed by atoms with Crippen LogP contribution in [0.15, 0.2) is 23.1 Å². The van der Waals surface area contributed by atoms with Crippen LogP contribution < -0.4 is 19.5 Å². The van der Waals surface area contributed by atoms with Gasteiger partial charge in [0.25, 0.3) is 5.91 Å². The minimum Gasteiger partial charge on any atom is -0.486 e. The van der Waals surface area contributed by atoms with E-state index in [0.29, 0.717) is 12.4 Å². The minimum absolute atomic E-state index is 0.187. The molecule has 1 heterocycles. The first kappa shape index (κ1) is 23.7. The highest BCUT2D eigenvalue weighted by molar-refractivity contribution is 7.89. The van der Waals surface area contributed by atoms with E-state index in [2.05, 4.69) is 9.46 Å². The van der Waals surface area contributed by atoms with E-state index in [1.165, 1.54) is 32.0 Å². The number of nitrogens with one attached hydrogen (secondary N) is 2. The molecule has 1 atom stereocenters. The SMILES string of the molecule is CC(C)C(NS(=O)(=O)c1ccc2c(c1)OCCO2)C(=O)OCC(=O)NCC(F)(F)F. The quantitative estimate of drug-likeness (QED) is 0.562. The molecule has 0 aliphatic carbocycles. The number of rotatable bonds is 8. The van der Waals surface area contributed by atoms with Crippen molar-refractivity contribution in [2.24, 2.45) is 5.92 Å². The lowest BCUT2D eigenvalue weighted by Gasteiger charge is -2.22. The van der Waals surface area contributed by atoms with Crippen molar-refractivity contribution in [1.82, 2.24) is 10.0 Å². The fourth-order valence-electron chi connectivity index (χ4n) is 2.36. The van der Waals surface area contributed by atoms with Gasteiger partial charge in [0.15, 0.2) is 18.1 Å². The minimum atomic E-state index is -4.61. The Morgan fingerprint density at radius 3 is 2.40 bits per heavy atom. The Morgan fingerprint density at radius 1 is 1.17 bits per heavy atom. The first-order valence-electron chi connectivity index (χ1n) is 8.81. The third-order valence-electron chi connectivity index (χ3n) is 3.86. The number of alkyl halides is 3. The van der Waals surface area contributed by atoms with Gasteiger partial charge in [-0.3, -0.25) is 9.59 Å². The lowest BCUT2D eigenvalue weighted by atomic mass is 10.1. The number of benzene rings is 1. The summed E-state index contributed by atoms with van der Waals surface area (Å²) in [6.07, 6.45) is -4.61. The molecule has 168 valence electrons. The lowest BCUT2D eigenvalue weighted by molar-refractivity contribution is -0.153. The average molecular weight is 454 g/mol. The smallest absolute Gasteiger partial charge is 0.405 e. The topological polar surface area (TPSA) is 120 Å². The Morgan fingerprint density at radius 2 is 1.80 bits per heavy atom. The second-order valence-electron chi connectivity index (χ2n) is 6.65. The summed E-state index contributed by atoms with van der Waals surface area (Å²) in [6, 6.07) is 2.54. The van der Waals surface area contributed by atoms with Crippen LogP contribution in [-0.4, -0.2) is 58.9 Å². The Kier molecular flexibility index (Phi) is 7.53. The average Bonchev–Trinajstić information content (AvgIpc) is 2.67. The number of sulfonamides is 1. The molecule has 0 spiro atoms. The van der Waals surface area contributed by atoms with Crippen molar-refractivity contribution in [2.75, 3.05) is 26.4 Å². The van der Waals surface area contributed by atoms with Gasteiger partial charge in [-0.2, -0.15) is 17.9 Å². The zero-order valence-corrected chi connectivity index (χ0v) is 16.9. The van der Waals surface area contributed by atoms with Gasteiger partial charge >= 0.3 is 12.1 Å². The molecule has 13 heteroatoms. The molecule has 0 radical (unpaired) electrons. The van der Waals surface area contributed by atoms with E-state index >= 15 is 0 Å². The van der Waals surface area contributed by atoms with Gasteiger partial charge in [0.1, 0.15) is 25.8 Å². The molecule has 1 aromatic rings. The van der Waals surface area contributed by atoms with E-state index in [1.54, 1.807) is 5.32 Å². The van der Waals surface area contributed by atoms with E-state index < -0.39 is 53.2 Å². The van der Waals surface area contributed by atoms with E-state index in [-0.39, 0.29) is 17.3 Å². The molecule has 1 aromatic carbocycles. The third kappa shape index (κ3) is 6.76. The van der Waals surface area contributed by atoms with Crippen LogP contribution in [0.1, 0.15) is 13.8 Å². The first-order chi connectivity index (χ1) is 13.9. The third-order valence-corrected chi connectivity index (χ3v) is 5.30. The predicted molar refractivity (Wildman–Crippen MR) is 96.4 cm³/mol. The second kappa shape index (κ2) is 9.51. The van der Waals surface area contributed by atoms with Gasteiger partial charge in [0.2, 0.25) is 10.0 Å². The molecule has 0 fully saturated rings. The summed E-state index contributed by atoms with van der Waals surface area (Å²) in [5.74, 6) is -2.24. The number of fused-ring (bicyclic) bond motifs is 1. The van der Waals surface area contributed by atoms with Gasteiger partial charge in [-0.05, 0) is 18.1 Å². The molecule has 0 saturated carbocycles. The summed E-state index contributed by atoms with van der Waals surface area (Å²) < 4.78 is 79.1. The fraction of sp³-hybridized carbons (Fsp3) is 0.529. The van der Waals surface area contributed by atoms with E-state index in [1.807, 2.05) is 0 Å². The Labute approximate surface area is 170 Å². The number of esters is 1. The van der Waals surface area contributed by atoms with Crippen molar-refractivity contribution in [2.45, 2.75) is 31.0 Å². The maximum atomic E-state index is 12.7. The summed E-state index contributed by atoms with van der Waals surface area (Å²) >= 11 is 0. The maximum absolute atomic E-state index is 12.7. The zero-order valence-electron chi connectivity index (χ0n) is 16.1. The highest BCUT2D eigenvalue weighted by Crippen LogP contribution is 2.32. The van der Waals surface area contributed by atoms with Crippen molar-refractivity contribution < 1.29 is 45.4 Å². The molecule has 1 amide bonds. The van der Waals surface area contributed by atoms with Crippen LogP contribution in [0.2, 0.25) is 0 Å². The molecule has 9 nitrogen and oxygen atoms in total. The van der Waals surface area contributed by atoms with E-state index in [4.69, 9.17) is 9.47 Å². The molecule has 2 rings (SSSR count). The number of carbonyl (C=O) groups excluding carboxylic acids is 2. The maximum Gasteiger partial charge on any atom is 0.405 e. The van der Waals surface area contributed by atoms with Gasteiger partial charge in [0, 0.05) is 6.07 Å². The highest BCUT2D eigenvalue weighted by Gasteiger charge is 2.32. The molecule has 0 aromatic heterocycles. The standard InChI is InChI=1S/C17H21F3N2O7S/c1-10(2)15(16(24)29-8-14(23)21-9-17(18,19)20)22-30(25,26)11-3-4-12-13(7-11)28-6-5-27-12/h3-4,7,10,15,22H,5-6,8-9H2,1-2H3,(H,21,23). The largest absolute Gasteiger partial charge is 0.486 e. The van der Waals surface area contributed by atoms with Crippen LogP contribution >= 0.6 is 0 Å². The van der Waals surface area contributed by atoms with Gasteiger partial charge in [-0.1, -0.05) is 13.8 Å². The molecule has 2 N–H and O–H groups in total. The molecular formula is C17H21F3N2O7S. The van der Waals surface area contributed by atoms with Crippen LogP contribution in [0.5, 0.6) is 11.5 Å².